The number of halogens is 1. The third-order valence-electron chi connectivity index (χ3n) is 2.42. The lowest BCUT2D eigenvalue weighted by molar-refractivity contribution is 0.602. The van der Waals surface area contributed by atoms with Gasteiger partial charge in [-0.05, 0) is 43.3 Å². The SMILES string of the molecule is CCS(=O)(=O)Nc1ccc(Nc2ccc(F)cc2)nn1. The highest BCUT2D eigenvalue weighted by Crippen LogP contribution is 2.15. The Labute approximate surface area is 116 Å². The van der Waals surface area contributed by atoms with Crippen molar-refractivity contribution >= 4 is 27.3 Å². The van der Waals surface area contributed by atoms with Crippen molar-refractivity contribution in [2.45, 2.75) is 6.92 Å². The van der Waals surface area contributed by atoms with Crippen LogP contribution in [0.5, 0.6) is 0 Å². The molecule has 2 aromatic rings. The molecule has 20 heavy (non-hydrogen) atoms. The highest BCUT2D eigenvalue weighted by Gasteiger charge is 2.08. The third-order valence-corrected chi connectivity index (χ3v) is 3.70. The zero-order chi connectivity index (χ0) is 14.6. The molecule has 1 heterocycles. The summed E-state index contributed by atoms with van der Waals surface area (Å²) in [5.74, 6) is 0.211. The Hall–Kier alpha value is -2.22. The highest BCUT2D eigenvalue weighted by atomic mass is 32.2. The van der Waals surface area contributed by atoms with E-state index in [1.165, 1.54) is 25.1 Å². The molecule has 0 unspecified atom stereocenters. The van der Waals surface area contributed by atoms with Crippen molar-refractivity contribution in [3.8, 4) is 0 Å². The zero-order valence-corrected chi connectivity index (χ0v) is 11.5. The minimum absolute atomic E-state index is 0.0374. The van der Waals surface area contributed by atoms with Gasteiger partial charge in [0.05, 0.1) is 5.75 Å². The molecular weight excluding hydrogens is 283 g/mol. The Morgan fingerprint density at radius 3 is 2.20 bits per heavy atom. The molecule has 8 heteroatoms. The van der Waals surface area contributed by atoms with Crippen LogP contribution in [-0.4, -0.2) is 24.4 Å². The predicted molar refractivity (Wildman–Crippen MR) is 74.8 cm³/mol. The number of nitrogens with zero attached hydrogens (tertiary/aromatic N) is 2. The fraction of sp³-hybridized carbons (Fsp3) is 0.167. The van der Waals surface area contributed by atoms with Crippen molar-refractivity contribution in [3.05, 3.63) is 42.2 Å². The van der Waals surface area contributed by atoms with Gasteiger partial charge in [-0.1, -0.05) is 0 Å². The Kier molecular flexibility index (Phi) is 4.14. The molecule has 1 aromatic carbocycles. The monoisotopic (exact) mass is 296 g/mol. The number of rotatable bonds is 5. The lowest BCUT2D eigenvalue weighted by Crippen LogP contribution is -2.15. The van der Waals surface area contributed by atoms with Crippen LogP contribution in [-0.2, 0) is 10.0 Å². The molecule has 2 N–H and O–H groups in total. The van der Waals surface area contributed by atoms with Gasteiger partial charge in [-0.15, -0.1) is 10.2 Å². The van der Waals surface area contributed by atoms with Crippen LogP contribution in [0, 0.1) is 5.82 Å². The number of hydrogen-bond donors (Lipinski definition) is 2. The maximum Gasteiger partial charge on any atom is 0.233 e. The molecule has 0 bridgehead atoms. The molecule has 0 saturated heterocycles. The lowest BCUT2D eigenvalue weighted by atomic mass is 10.3. The smallest absolute Gasteiger partial charge is 0.233 e. The van der Waals surface area contributed by atoms with Gasteiger partial charge in [0.15, 0.2) is 11.6 Å². The second kappa shape index (κ2) is 5.83. The van der Waals surface area contributed by atoms with Crippen molar-refractivity contribution in [1.29, 1.82) is 0 Å². The molecule has 0 saturated carbocycles. The summed E-state index contributed by atoms with van der Waals surface area (Å²) < 4.78 is 37.7. The molecule has 0 aliphatic carbocycles. The maximum atomic E-state index is 12.7. The molecule has 2 rings (SSSR count). The predicted octanol–water partition coefficient (Wildman–Crippen LogP) is 2.12. The van der Waals surface area contributed by atoms with Crippen LogP contribution in [0.3, 0.4) is 0 Å². The van der Waals surface area contributed by atoms with Gasteiger partial charge in [0, 0.05) is 5.69 Å². The van der Waals surface area contributed by atoms with Gasteiger partial charge in [-0.3, -0.25) is 4.72 Å². The van der Waals surface area contributed by atoms with E-state index < -0.39 is 10.0 Å². The van der Waals surface area contributed by atoms with Crippen molar-refractivity contribution < 1.29 is 12.8 Å². The minimum Gasteiger partial charge on any atom is -0.339 e. The third kappa shape index (κ3) is 3.89. The average molecular weight is 296 g/mol. The lowest BCUT2D eigenvalue weighted by Gasteiger charge is -2.07. The molecule has 106 valence electrons. The van der Waals surface area contributed by atoms with Crippen molar-refractivity contribution in [1.82, 2.24) is 10.2 Å². The first-order valence-electron chi connectivity index (χ1n) is 5.85. The molecule has 0 aliphatic rings. The van der Waals surface area contributed by atoms with E-state index in [9.17, 15) is 12.8 Å². The molecule has 1 aromatic heterocycles. The molecular formula is C12H13FN4O2S. The van der Waals surface area contributed by atoms with Crippen molar-refractivity contribution in [2.24, 2.45) is 0 Å². The average Bonchev–Trinajstić information content (AvgIpc) is 2.43. The van der Waals surface area contributed by atoms with Crippen molar-refractivity contribution in [2.75, 3.05) is 15.8 Å². The number of benzene rings is 1. The van der Waals surface area contributed by atoms with E-state index in [-0.39, 0.29) is 17.4 Å². The summed E-state index contributed by atoms with van der Waals surface area (Å²) in [5, 5.41) is 10.5. The van der Waals surface area contributed by atoms with Gasteiger partial charge in [-0.25, -0.2) is 12.8 Å². The summed E-state index contributed by atoms with van der Waals surface area (Å²) in [4.78, 5) is 0. The summed E-state index contributed by atoms with van der Waals surface area (Å²) in [5.41, 5.74) is 0.655. The van der Waals surface area contributed by atoms with E-state index in [1.807, 2.05) is 0 Å². The highest BCUT2D eigenvalue weighted by molar-refractivity contribution is 7.92. The summed E-state index contributed by atoms with van der Waals surface area (Å²) >= 11 is 0. The van der Waals surface area contributed by atoms with Crippen molar-refractivity contribution in [3.63, 3.8) is 0 Å². The van der Waals surface area contributed by atoms with E-state index in [0.29, 0.717) is 11.5 Å². The topological polar surface area (TPSA) is 84.0 Å². The second-order valence-corrected chi connectivity index (χ2v) is 5.95. The minimum atomic E-state index is -3.36. The second-order valence-electron chi connectivity index (χ2n) is 3.94. The van der Waals surface area contributed by atoms with Crippen LogP contribution in [0.25, 0.3) is 0 Å². The van der Waals surface area contributed by atoms with E-state index in [0.717, 1.165) is 0 Å². The van der Waals surface area contributed by atoms with Crippen LogP contribution < -0.4 is 10.0 Å². The molecule has 0 radical (unpaired) electrons. The van der Waals surface area contributed by atoms with Crippen LogP contribution >= 0.6 is 0 Å². The quantitative estimate of drug-likeness (QED) is 0.883. The van der Waals surface area contributed by atoms with E-state index >= 15 is 0 Å². The molecule has 0 aliphatic heterocycles. The van der Waals surface area contributed by atoms with E-state index in [4.69, 9.17) is 0 Å². The summed E-state index contributed by atoms with van der Waals surface area (Å²) in [6, 6.07) is 8.82. The largest absolute Gasteiger partial charge is 0.339 e. The normalized spacial score (nSPS) is 11.1. The summed E-state index contributed by atoms with van der Waals surface area (Å²) in [6.45, 7) is 1.53. The van der Waals surface area contributed by atoms with Gasteiger partial charge in [0.2, 0.25) is 10.0 Å². The Morgan fingerprint density at radius 2 is 1.65 bits per heavy atom. The number of anilines is 3. The van der Waals surface area contributed by atoms with Crippen LogP contribution in [0.15, 0.2) is 36.4 Å². The maximum absolute atomic E-state index is 12.7. The van der Waals surface area contributed by atoms with Gasteiger partial charge in [0.25, 0.3) is 0 Å². The number of hydrogen-bond acceptors (Lipinski definition) is 5. The van der Waals surface area contributed by atoms with E-state index in [1.54, 1.807) is 18.2 Å². The van der Waals surface area contributed by atoms with Gasteiger partial charge in [-0.2, -0.15) is 0 Å². The molecule has 0 fully saturated rings. The zero-order valence-electron chi connectivity index (χ0n) is 10.7. The fourth-order valence-corrected chi connectivity index (χ4v) is 1.94. The van der Waals surface area contributed by atoms with Crippen LogP contribution in [0.4, 0.5) is 21.7 Å². The number of sulfonamides is 1. The molecule has 0 amide bonds. The standard InChI is InChI=1S/C12H13FN4O2S/c1-2-20(18,19)17-12-8-7-11(15-16-12)14-10-5-3-9(13)4-6-10/h3-8H,2H2,1H3,(H,14,15)(H,16,17). The Morgan fingerprint density at radius 1 is 1.05 bits per heavy atom. The molecule has 0 atom stereocenters. The first-order chi connectivity index (χ1) is 9.48. The van der Waals surface area contributed by atoms with Gasteiger partial charge >= 0.3 is 0 Å². The van der Waals surface area contributed by atoms with Gasteiger partial charge < -0.3 is 5.32 Å². The van der Waals surface area contributed by atoms with E-state index in [2.05, 4.69) is 20.2 Å². The molecule has 0 spiro atoms. The fourth-order valence-electron chi connectivity index (χ4n) is 1.37. The van der Waals surface area contributed by atoms with Gasteiger partial charge in [0.1, 0.15) is 5.82 Å². The Bertz CT molecular complexity index is 672. The number of aromatic nitrogens is 2. The number of nitrogens with one attached hydrogen (secondary N) is 2. The first kappa shape index (κ1) is 14.2. The summed E-state index contributed by atoms with van der Waals surface area (Å²) in [6.07, 6.45) is 0. The molecule has 6 nitrogen and oxygen atoms in total. The summed E-state index contributed by atoms with van der Waals surface area (Å²) in [7, 11) is -3.36. The van der Waals surface area contributed by atoms with Crippen LogP contribution in [0.2, 0.25) is 0 Å². The van der Waals surface area contributed by atoms with Crippen LogP contribution in [0.1, 0.15) is 6.92 Å². The first-order valence-corrected chi connectivity index (χ1v) is 7.50. The Balaban J connectivity index is 2.07.